The lowest BCUT2D eigenvalue weighted by Crippen LogP contribution is -2.40. The zero-order valence-corrected chi connectivity index (χ0v) is 18.2. The van der Waals surface area contributed by atoms with Gasteiger partial charge in [0.25, 0.3) is 0 Å². The van der Waals surface area contributed by atoms with Gasteiger partial charge in [0, 0.05) is 36.1 Å². The Balaban J connectivity index is 1.45. The number of carbonyl (C=O) groups excluding carboxylic acids is 1. The minimum atomic E-state index is -0.0540. The molecule has 0 bridgehead atoms. The predicted molar refractivity (Wildman–Crippen MR) is 121 cm³/mol. The molecule has 2 amide bonds. The molecular weight excluding hydrogens is 392 g/mol. The van der Waals surface area contributed by atoms with Crippen molar-refractivity contribution < 1.29 is 14.3 Å². The molecule has 1 aliphatic heterocycles. The van der Waals surface area contributed by atoms with Crippen LogP contribution >= 0.6 is 0 Å². The minimum absolute atomic E-state index is 0.0540. The number of benzene rings is 2. The molecule has 31 heavy (non-hydrogen) atoms. The summed E-state index contributed by atoms with van der Waals surface area (Å²) in [4.78, 5) is 23.6. The Morgan fingerprint density at radius 2 is 1.74 bits per heavy atom. The summed E-state index contributed by atoms with van der Waals surface area (Å²) >= 11 is 0. The number of hydrogen-bond acceptors (Lipinski definition) is 5. The third-order valence-corrected chi connectivity index (χ3v) is 5.95. The fraction of sp³-hybridized carbons (Fsp3) is 0.375. The zero-order chi connectivity index (χ0) is 21.8. The van der Waals surface area contributed by atoms with Crippen molar-refractivity contribution in [2.75, 3.05) is 32.6 Å². The van der Waals surface area contributed by atoms with Crippen LogP contribution in [0, 0.1) is 0 Å². The van der Waals surface area contributed by atoms with Gasteiger partial charge in [-0.3, -0.25) is 0 Å². The van der Waals surface area contributed by atoms with E-state index in [1.165, 1.54) is 5.56 Å². The summed E-state index contributed by atoms with van der Waals surface area (Å²) in [7, 11) is 3.24. The Labute approximate surface area is 182 Å². The Hall–Kier alpha value is -3.35. The first-order valence-electron chi connectivity index (χ1n) is 10.6. The first kappa shape index (κ1) is 20.9. The zero-order valence-electron chi connectivity index (χ0n) is 18.2. The van der Waals surface area contributed by atoms with Crippen molar-refractivity contribution in [1.82, 2.24) is 14.9 Å². The molecule has 7 heteroatoms. The number of urea groups is 1. The number of nitrogens with zero attached hydrogens (tertiary/aromatic N) is 3. The van der Waals surface area contributed by atoms with Crippen LogP contribution in [0.3, 0.4) is 0 Å². The van der Waals surface area contributed by atoms with Crippen molar-refractivity contribution >= 4 is 22.6 Å². The Bertz CT molecular complexity index is 1060. The largest absolute Gasteiger partial charge is 0.493 e. The van der Waals surface area contributed by atoms with Gasteiger partial charge < -0.3 is 19.7 Å². The standard InChI is InChI=1S/C24H28N4O3/c1-4-16-5-7-18(8-6-16)27-24(29)28-11-9-17(10-12-28)23-19-13-21(30-2)22(31-3)14-20(19)25-15-26-23/h5-8,13-15,17H,4,9-12H2,1-3H3,(H,27,29). The van der Waals surface area contributed by atoms with Gasteiger partial charge in [0.05, 0.1) is 25.4 Å². The number of aromatic nitrogens is 2. The molecule has 3 aromatic rings. The average molecular weight is 421 g/mol. The van der Waals surface area contributed by atoms with Crippen molar-refractivity contribution in [3.05, 3.63) is 54.0 Å². The van der Waals surface area contributed by atoms with E-state index in [1.54, 1.807) is 20.5 Å². The number of methoxy groups -OCH3 is 2. The Morgan fingerprint density at radius 1 is 1.06 bits per heavy atom. The Kier molecular flexibility index (Phi) is 6.21. The predicted octanol–water partition coefficient (Wildman–Crippen LogP) is 4.62. The lowest BCUT2D eigenvalue weighted by atomic mass is 9.91. The van der Waals surface area contributed by atoms with E-state index in [9.17, 15) is 4.79 Å². The molecule has 1 aromatic heterocycles. The fourth-order valence-corrected chi connectivity index (χ4v) is 4.11. The van der Waals surface area contributed by atoms with E-state index in [4.69, 9.17) is 9.47 Å². The molecule has 2 aromatic carbocycles. The van der Waals surface area contributed by atoms with Gasteiger partial charge in [0.2, 0.25) is 0 Å². The summed E-state index contributed by atoms with van der Waals surface area (Å²) in [6, 6.07) is 11.8. The summed E-state index contributed by atoms with van der Waals surface area (Å²) in [6.07, 6.45) is 4.28. The van der Waals surface area contributed by atoms with Crippen LogP contribution < -0.4 is 14.8 Å². The number of anilines is 1. The number of rotatable bonds is 5. The van der Waals surface area contributed by atoms with Gasteiger partial charge in [-0.1, -0.05) is 19.1 Å². The van der Waals surface area contributed by atoms with Gasteiger partial charge in [0.1, 0.15) is 6.33 Å². The maximum absolute atomic E-state index is 12.7. The number of amides is 2. The number of carbonyl (C=O) groups is 1. The average Bonchev–Trinajstić information content (AvgIpc) is 2.83. The summed E-state index contributed by atoms with van der Waals surface area (Å²) in [5.41, 5.74) is 3.91. The second kappa shape index (κ2) is 9.20. The van der Waals surface area contributed by atoms with Gasteiger partial charge in [-0.15, -0.1) is 0 Å². The maximum atomic E-state index is 12.7. The van der Waals surface area contributed by atoms with Crippen molar-refractivity contribution in [3.63, 3.8) is 0 Å². The topological polar surface area (TPSA) is 76.6 Å². The highest BCUT2D eigenvalue weighted by molar-refractivity contribution is 5.89. The molecule has 0 spiro atoms. The minimum Gasteiger partial charge on any atom is -0.493 e. The van der Waals surface area contributed by atoms with E-state index < -0.39 is 0 Å². The second-order valence-electron chi connectivity index (χ2n) is 7.73. The number of aryl methyl sites for hydroxylation is 1. The van der Waals surface area contributed by atoms with Crippen molar-refractivity contribution in [3.8, 4) is 11.5 Å². The highest BCUT2D eigenvalue weighted by Crippen LogP contribution is 2.36. The molecule has 0 unspecified atom stereocenters. The fourth-order valence-electron chi connectivity index (χ4n) is 4.11. The first-order valence-corrected chi connectivity index (χ1v) is 10.6. The van der Waals surface area contributed by atoms with Crippen molar-refractivity contribution in [2.24, 2.45) is 0 Å². The van der Waals surface area contributed by atoms with Crippen LogP contribution in [0.4, 0.5) is 10.5 Å². The lowest BCUT2D eigenvalue weighted by molar-refractivity contribution is 0.194. The van der Waals surface area contributed by atoms with E-state index in [0.717, 1.165) is 41.5 Å². The smallest absolute Gasteiger partial charge is 0.321 e. The van der Waals surface area contributed by atoms with Gasteiger partial charge in [-0.25, -0.2) is 14.8 Å². The monoisotopic (exact) mass is 420 g/mol. The number of fused-ring (bicyclic) bond motifs is 1. The molecule has 0 radical (unpaired) electrons. The molecule has 4 rings (SSSR count). The van der Waals surface area contributed by atoms with Crippen LogP contribution in [0.2, 0.25) is 0 Å². The number of likely N-dealkylation sites (tertiary alicyclic amines) is 1. The van der Waals surface area contributed by atoms with Crippen LogP contribution in [0.15, 0.2) is 42.7 Å². The van der Waals surface area contributed by atoms with Crippen LogP contribution in [0.5, 0.6) is 11.5 Å². The Morgan fingerprint density at radius 3 is 2.39 bits per heavy atom. The van der Waals surface area contributed by atoms with Crippen molar-refractivity contribution in [1.29, 1.82) is 0 Å². The van der Waals surface area contributed by atoms with Crippen LogP contribution in [0.1, 0.15) is 36.9 Å². The third-order valence-electron chi connectivity index (χ3n) is 5.95. The highest BCUT2D eigenvalue weighted by Gasteiger charge is 2.26. The molecule has 1 fully saturated rings. The second-order valence-corrected chi connectivity index (χ2v) is 7.73. The highest BCUT2D eigenvalue weighted by atomic mass is 16.5. The summed E-state index contributed by atoms with van der Waals surface area (Å²) in [5, 5.41) is 3.98. The van der Waals surface area contributed by atoms with Crippen LogP contribution in [-0.2, 0) is 6.42 Å². The van der Waals surface area contributed by atoms with Gasteiger partial charge in [0.15, 0.2) is 11.5 Å². The van der Waals surface area contributed by atoms with E-state index >= 15 is 0 Å². The SMILES string of the molecule is CCc1ccc(NC(=O)N2CCC(c3ncnc4cc(OC)c(OC)cc34)CC2)cc1. The molecule has 2 heterocycles. The van der Waals surface area contributed by atoms with Gasteiger partial charge in [-0.2, -0.15) is 0 Å². The molecule has 1 N–H and O–H groups in total. The molecule has 0 saturated carbocycles. The van der Waals surface area contributed by atoms with E-state index in [0.29, 0.717) is 24.6 Å². The van der Waals surface area contributed by atoms with Crippen LogP contribution in [0.25, 0.3) is 10.9 Å². The normalized spacial score (nSPS) is 14.5. The molecular formula is C24H28N4O3. The number of piperidine rings is 1. The summed E-state index contributed by atoms with van der Waals surface area (Å²) in [6.45, 7) is 3.48. The molecule has 0 atom stereocenters. The quantitative estimate of drug-likeness (QED) is 0.652. The molecule has 0 aliphatic carbocycles. The van der Waals surface area contributed by atoms with Crippen molar-refractivity contribution in [2.45, 2.75) is 32.1 Å². The van der Waals surface area contributed by atoms with E-state index in [2.05, 4.69) is 22.2 Å². The maximum Gasteiger partial charge on any atom is 0.321 e. The molecule has 1 aliphatic rings. The van der Waals surface area contributed by atoms with E-state index in [-0.39, 0.29) is 11.9 Å². The third kappa shape index (κ3) is 4.40. The van der Waals surface area contributed by atoms with Gasteiger partial charge in [-0.05, 0) is 43.0 Å². The number of hydrogen-bond donors (Lipinski definition) is 1. The first-order chi connectivity index (χ1) is 15.1. The molecule has 7 nitrogen and oxygen atoms in total. The summed E-state index contributed by atoms with van der Waals surface area (Å²) in [5.74, 6) is 1.58. The molecule has 162 valence electrons. The lowest BCUT2D eigenvalue weighted by Gasteiger charge is -2.32. The number of ether oxygens (including phenoxy) is 2. The van der Waals surface area contributed by atoms with Gasteiger partial charge >= 0.3 is 6.03 Å². The summed E-state index contributed by atoms with van der Waals surface area (Å²) < 4.78 is 10.9. The molecule has 1 saturated heterocycles. The number of nitrogens with one attached hydrogen (secondary N) is 1. The van der Waals surface area contributed by atoms with E-state index in [1.807, 2.05) is 41.3 Å². The van der Waals surface area contributed by atoms with Crippen LogP contribution in [-0.4, -0.2) is 48.2 Å².